The number of halogens is 1. The van der Waals surface area contributed by atoms with Gasteiger partial charge in [-0.1, -0.05) is 107 Å². The molecular formula is C30H24BBrN2O2. The molecule has 0 bridgehead atoms. The van der Waals surface area contributed by atoms with Crippen molar-refractivity contribution in [2.24, 2.45) is 0 Å². The summed E-state index contributed by atoms with van der Waals surface area (Å²) in [7, 11) is -1.34. The van der Waals surface area contributed by atoms with E-state index in [4.69, 9.17) is 10.0 Å². The second-order valence-electron chi connectivity index (χ2n) is 7.84. The predicted octanol–water partition coefficient (Wildman–Crippen LogP) is 6.27. The Bertz CT molecular complexity index is 1520. The molecule has 6 aromatic rings. The summed E-state index contributed by atoms with van der Waals surface area (Å²) in [5.74, 6) is 0. The zero-order valence-corrected chi connectivity index (χ0v) is 21.0. The molecule has 6 heteroatoms. The van der Waals surface area contributed by atoms with Crippen molar-refractivity contribution in [3.63, 3.8) is 0 Å². The summed E-state index contributed by atoms with van der Waals surface area (Å²) in [4.78, 5) is 8.58. The average Bonchev–Trinajstić information content (AvgIpc) is 2.95. The molecule has 0 amide bonds. The van der Waals surface area contributed by atoms with Gasteiger partial charge in [0.1, 0.15) is 0 Å². The van der Waals surface area contributed by atoms with Crippen molar-refractivity contribution in [3.8, 4) is 11.1 Å². The molecule has 0 radical (unpaired) electrons. The Kier molecular flexibility index (Phi) is 8.95. The highest BCUT2D eigenvalue weighted by atomic mass is 79.9. The Labute approximate surface area is 219 Å². The molecule has 176 valence electrons. The minimum atomic E-state index is -1.34. The highest BCUT2D eigenvalue weighted by Gasteiger charge is 2.07. The van der Waals surface area contributed by atoms with Gasteiger partial charge in [0, 0.05) is 27.6 Å². The van der Waals surface area contributed by atoms with Gasteiger partial charge in [0.05, 0.1) is 11.0 Å². The molecule has 0 saturated carbocycles. The van der Waals surface area contributed by atoms with Crippen molar-refractivity contribution >= 4 is 50.3 Å². The largest absolute Gasteiger partial charge is 0.488 e. The Morgan fingerprint density at radius 1 is 0.528 bits per heavy atom. The molecule has 2 aromatic heterocycles. The highest BCUT2D eigenvalue weighted by molar-refractivity contribution is 9.10. The quantitative estimate of drug-likeness (QED) is 0.257. The van der Waals surface area contributed by atoms with Gasteiger partial charge < -0.3 is 10.0 Å². The Morgan fingerprint density at radius 3 is 1.67 bits per heavy atom. The van der Waals surface area contributed by atoms with E-state index in [1.807, 2.05) is 60.8 Å². The molecule has 0 atom stereocenters. The molecule has 0 aliphatic rings. The highest BCUT2D eigenvalue weighted by Crippen LogP contribution is 2.27. The van der Waals surface area contributed by atoms with Crippen LogP contribution in [0.2, 0.25) is 0 Å². The van der Waals surface area contributed by atoms with E-state index in [0.717, 1.165) is 20.9 Å². The average molecular weight is 535 g/mol. The number of fused-ring (bicyclic) bond motifs is 2. The number of rotatable bonds is 2. The maximum atomic E-state index is 8.58. The number of pyridine rings is 2. The normalized spacial score (nSPS) is 10.1. The van der Waals surface area contributed by atoms with Crippen LogP contribution in [-0.2, 0) is 0 Å². The number of hydrogen-bond acceptors (Lipinski definition) is 4. The Hall–Kier alpha value is -3.84. The van der Waals surface area contributed by atoms with Crippen LogP contribution in [0.5, 0.6) is 0 Å². The van der Waals surface area contributed by atoms with Crippen LogP contribution in [-0.4, -0.2) is 27.1 Å². The molecule has 0 unspecified atom stereocenters. The molecule has 2 N–H and O–H groups in total. The zero-order chi connectivity index (χ0) is 25.2. The van der Waals surface area contributed by atoms with E-state index < -0.39 is 7.12 Å². The molecular weight excluding hydrogens is 511 g/mol. The first kappa shape index (κ1) is 25.3. The Balaban J connectivity index is 0.000000134. The SMILES string of the molecule is Brc1cccc2ncccc12.OB(O)c1ccccc1.c1ccc(-c2cccc3ncccc23)cc1. The van der Waals surface area contributed by atoms with Gasteiger partial charge in [-0.25, -0.2) is 0 Å². The van der Waals surface area contributed by atoms with Crippen LogP contribution < -0.4 is 5.46 Å². The van der Waals surface area contributed by atoms with Crippen molar-refractivity contribution in [1.29, 1.82) is 0 Å². The Morgan fingerprint density at radius 2 is 1.08 bits per heavy atom. The molecule has 0 aliphatic heterocycles. The number of benzene rings is 4. The van der Waals surface area contributed by atoms with Crippen molar-refractivity contribution in [2.45, 2.75) is 0 Å². The number of hydrogen-bond donors (Lipinski definition) is 2. The van der Waals surface area contributed by atoms with Crippen LogP contribution in [0, 0.1) is 0 Å². The maximum Gasteiger partial charge on any atom is 0.488 e. The third-order valence-electron chi connectivity index (χ3n) is 5.42. The maximum absolute atomic E-state index is 8.58. The molecule has 4 nitrogen and oxygen atoms in total. The minimum Gasteiger partial charge on any atom is -0.423 e. The van der Waals surface area contributed by atoms with Crippen molar-refractivity contribution < 1.29 is 10.0 Å². The van der Waals surface area contributed by atoms with Crippen LogP contribution >= 0.6 is 15.9 Å². The molecule has 2 heterocycles. The lowest BCUT2D eigenvalue weighted by Crippen LogP contribution is -2.29. The summed E-state index contributed by atoms with van der Waals surface area (Å²) in [6.45, 7) is 0. The molecule has 36 heavy (non-hydrogen) atoms. The van der Waals surface area contributed by atoms with Gasteiger partial charge in [-0.3, -0.25) is 9.97 Å². The van der Waals surface area contributed by atoms with Gasteiger partial charge in [0.15, 0.2) is 0 Å². The second-order valence-corrected chi connectivity index (χ2v) is 8.69. The monoisotopic (exact) mass is 534 g/mol. The summed E-state index contributed by atoms with van der Waals surface area (Å²) in [6, 6.07) is 39.4. The minimum absolute atomic E-state index is 0.525. The van der Waals surface area contributed by atoms with Gasteiger partial charge >= 0.3 is 7.12 Å². The summed E-state index contributed by atoms with van der Waals surface area (Å²) in [5.41, 5.74) is 5.08. The van der Waals surface area contributed by atoms with E-state index in [9.17, 15) is 0 Å². The molecule has 0 spiro atoms. The first-order valence-corrected chi connectivity index (χ1v) is 12.2. The van der Waals surface area contributed by atoms with E-state index >= 15 is 0 Å². The second kappa shape index (κ2) is 12.7. The van der Waals surface area contributed by atoms with Gasteiger partial charge in [-0.05, 0) is 46.9 Å². The molecule has 6 rings (SSSR count). The van der Waals surface area contributed by atoms with Crippen LogP contribution in [0.15, 0.2) is 138 Å². The van der Waals surface area contributed by atoms with Crippen LogP contribution in [0.1, 0.15) is 0 Å². The van der Waals surface area contributed by atoms with Crippen LogP contribution in [0.25, 0.3) is 32.9 Å². The van der Waals surface area contributed by atoms with E-state index in [2.05, 4.69) is 68.4 Å². The lowest BCUT2D eigenvalue weighted by molar-refractivity contribution is 0.426. The van der Waals surface area contributed by atoms with Gasteiger partial charge in [-0.2, -0.15) is 0 Å². The molecule has 0 fully saturated rings. The van der Waals surface area contributed by atoms with E-state index in [1.54, 1.807) is 30.5 Å². The topological polar surface area (TPSA) is 66.2 Å². The van der Waals surface area contributed by atoms with E-state index in [1.165, 1.54) is 16.5 Å². The van der Waals surface area contributed by atoms with E-state index in [0.29, 0.717) is 5.46 Å². The zero-order valence-electron chi connectivity index (χ0n) is 19.4. The fourth-order valence-corrected chi connectivity index (χ4v) is 4.15. The lowest BCUT2D eigenvalue weighted by atomic mass is 9.81. The summed E-state index contributed by atoms with van der Waals surface area (Å²) >= 11 is 3.46. The van der Waals surface area contributed by atoms with Gasteiger partial charge in [0.25, 0.3) is 0 Å². The van der Waals surface area contributed by atoms with E-state index in [-0.39, 0.29) is 0 Å². The fourth-order valence-electron chi connectivity index (χ4n) is 3.66. The summed E-state index contributed by atoms with van der Waals surface area (Å²) in [5, 5.41) is 19.5. The number of nitrogens with zero attached hydrogens (tertiary/aromatic N) is 2. The van der Waals surface area contributed by atoms with Crippen LogP contribution in [0.4, 0.5) is 0 Å². The first-order valence-electron chi connectivity index (χ1n) is 11.4. The standard InChI is InChI=1S/C15H11N.C9H6BrN.C6H7BO2/c1-2-6-12(7-3-1)13-8-4-10-15-14(13)9-5-11-16-15;10-8-4-1-5-9-7(8)3-2-6-11-9;8-7(9)6-4-2-1-3-5-6/h1-11H;1-6H;1-5,8-9H. The van der Waals surface area contributed by atoms with Crippen molar-refractivity contribution in [1.82, 2.24) is 9.97 Å². The molecule has 4 aromatic carbocycles. The van der Waals surface area contributed by atoms with Crippen molar-refractivity contribution in [3.05, 3.63) is 138 Å². The predicted molar refractivity (Wildman–Crippen MR) is 153 cm³/mol. The van der Waals surface area contributed by atoms with Gasteiger partial charge in [0.2, 0.25) is 0 Å². The molecule has 0 saturated heterocycles. The molecule has 0 aliphatic carbocycles. The first-order chi connectivity index (χ1) is 17.6. The lowest BCUT2D eigenvalue weighted by Gasteiger charge is -2.05. The third kappa shape index (κ3) is 6.64. The smallest absolute Gasteiger partial charge is 0.423 e. The van der Waals surface area contributed by atoms with Crippen molar-refractivity contribution in [2.75, 3.05) is 0 Å². The van der Waals surface area contributed by atoms with Gasteiger partial charge in [-0.15, -0.1) is 0 Å². The summed E-state index contributed by atoms with van der Waals surface area (Å²) < 4.78 is 1.10. The summed E-state index contributed by atoms with van der Waals surface area (Å²) in [6.07, 6.45) is 3.63. The fraction of sp³-hybridized carbons (Fsp3) is 0. The third-order valence-corrected chi connectivity index (χ3v) is 6.11. The number of aromatic nitrogens is 2. The van der Waals surface area contributed by atoms with Crippen LogP contribution in [0.3, 0.4) is 0 Å².